The van der Waals surface area contributed by atoms with Crippen molar-refractivity contribution in [2.24, 2.45) is 0 Å². The number of thioether (sulfide) groups is 1. The van der Waals surface area contributed by atoms with E-state index in [-0.39, 0.29) is 17.4 Å². The Kier molecular flexibility index (Phi) is 10.8. The first-order valence-electron chi connectivity index (χ1n) is 12.9. The van der Waals surface area contributed by atoms with E-state index in [9.17, 15) is 14.4 Å². The van der Waals surface area contributed by atoms with Crippen molar-refractivity contribution >= 4 is 57.7 Å². The molecular formula is C31H30N4O6S2. The van der Waals surface area contributed by atoms with Gasteiger partial charge >= 0.3 is 0 Å². The summed E-state index contributed by atoms with van der Waals surface area (Å²) in [6.45, 7) is 1.87. The fourth-order valence-corrected chi connectivity index (χ4v) is 5.21. The fourth-order valence-electron chi connectivity index (χ4n) is 3.81. The molecule has 0 aliphatic carbocycles. The van der Waals surface area contributed by atoms with Crippen LogP contribution in [-0.4, -0.2) is 49.8 Å². The molecule has 3 N–H and O–H groups in total. The lowest BCUT2D eigenvalue weighted by molar-refractivity contribution is -0.114. The molecule has 3 amide bonds. The van der Waals surface area contributed by atoms with E-state index in [4.69, 9.17) is 14.2 Å². The van der Waals surface area contributed by atoms with Crippen LogP contribution in [0, 0.1) is 6.92 Å². The molecule has 0 aliphatic heterocycles. The fraction of sp³-hybridized carbons (Fsp3) is 0.161. The maximum absolute atomic E-state index is 13.5. The minimum atomic E-state index is -0.556. The van der Waals surface area contributed by atoms with E-state index in [1.54, 1.807) is 66.7 Å². The number of carbonyl (C=O) groups is 3. The zero-order chi connectivity index (χ0) is 30.8. The number of hydrogen-bond donors (Lipinski definition) is 3. The lowest BCUT2D eigenvalue weighted by Gasteiger charge is -2.15. The molecule has 0 saturated heterocycles. The van der Waals surface area contributed by atoms with Gasteiger partial charge in [0.05, 0.1) is 32.8 Å². The van der Waals surface area contributed by atoms with E-state index in [2.05, 4.69) is 20.9 Å². The van der Waals surface area contributed by atoms with Crippen molar-refractivity contribution in [3.63, 3.8) is 0 Å². The van der Waals surface area contributed by atoms with Crippen LogP contribution in [-0.2, 0) is 9.59 Å². The van der Waals surface area contributed by atoms with E-state index in [0.29, 0.717) is 39.2 Å². The largest absolute Gasteiger partial charge is 0.496 e. The van der Waals surface area contributed by atoms with Crippen LogP contribution in [0.4, 0.5) is 10.8 Å². The summed E-state index contributed by atoms with van der Waals surface area (Å²) in [5.74, 6) is 0.310. The Morgan fingerprint density at radius 2 is 1.56 bits per heavy atom. The molecule has 0 radical (unpaired) electrons. The highest BCUT2D eigenvalue weighted by Gasteiger charge is 2.18. The number of aromatic nitrogens is 1. The monoisotopic (exact) mass is 618 g/mol. The number of amides is 3. The maximum Gasteiger partial charge on any atom is 0.272 e. The third-order valence-corrected chi connectivity index (χ3v) is 7.80. The standard InChI is InChI=1S/C31H30N4O6S2/c1-19-17-43-31(32-19)35-28(36)18-42-23-12-10-22(11-13-23)33-30(38)24(34-29(37)20-8-6-5-7-9-20)14-21-15-26(40-3)27(41-4)16-25(21)39-2/h5-17H,18H2,1-4H3,(H,33,38)(H,34,37)(H,32,35,36)/b24-14-. The number of aryl methyl sites for hydroxylation is 1. The number of methoxy groups -OCH3 is 3. The van der Waals surface area contributed by atoms with Gasteiger partial charge in [-0.25, -0.2) is 4.98 Å². The second kappa shape index (κ2) is 14.9. The molecule has 10 nitrogen and oxygen atoms in total. The Labute approximate surface area is 257 Å². The topological polar surface area (TPSA) is 128 Å². The van der Waals surface area contributed by atoms with Crippen molar-refractivity contribution < 1.29 is 28.6 Å². The quantitative estimate of drug-likeness (QED) is 0.138. The lowest BCUT2D eigenvalue weighted by atomic mass is 10.1. The average Bonchev–Trinajstić information content (AvgIpc) is 3.44. The Balaban J connectivity index is 1.51. The Bertz CT molecular complexity index is 1620. The van der Waals surface area contributed by atoms with Crippen LogP contribution in [0.15, 0.2) is 82.7 Å². The molecule has 1 heterocycles. The highest BCUT2D eigenvalue weighted by atomic mass is 32.2. The Morgan fingerprint density at radius 1 is 0.884 bits per heavy atom. The summed E-state index contributed by atoms with van der Waals surface area (Å²) in [4.78, 5) is 43.8. The first-order chi connectivity index (χ1) is 20.8. The van der Waals surface area contributed by atoms with E-state index in [1.165, 1.54) is 50.5 Å². The maximum atomic E-state index is 13.5. The molecule has 3 aromatic carbocycles. The van der Waals surface area contributed by atoms with E-state index >= 15 is 0 Å². The molecule has 0 spiro atoms. The van der Waals surface area contributed by atoms with Gasteiger partial charge in [-0.1, -0.05) is 18.2 Å². The van der Waals surface area contributed by atoms with Crippen LogP contribution in [0.25, 0.3) is 6.08 Å². The second-order valence-electron chi connectivity index (χ2n) is 8.94. The van der Waals surface area contributed by atoms with Crippen molar-refractivity contribution in [1.82, 2.24) is 10.3 Å². The molecule has 0 atom stereocenters. The van der Waals surface area contributed by atoms with Gasteiger partial charge in [-0.15, -0.1) is 23.1 Å². The first kappa shape index (κ1) is 31.1. The van der Waals surface area contributed by atoms with Crippen LogP contribution >= 0.6 is 23.1 Å². The number of ether oxygens (including phenoxy) is 3. The van der Waals surface area contributed by atoms with Gasteiger partial charge in [0.15, 0.2) is 16.6 Å². The average molecular weight is 619 g/mol. The molecule has 43 heavy (non-hydrogen) atoms. The predicted molar refractivity (Wildman–Crippen MR) is 169 cm³/mol. The first-order valence-corrected chi connectivity index (χ1v) is 14.8. The van der Waals surface area contributed by atoms with Crippen molar-refractivity contribution in [1.29, 1.82) is 0 Å². The van der Waals surface area contributed by atoms with Crippen LogP contribution in [0.5, 0.6) is 17.2 Å². The van der Waals surface area contributed by atoms with Gasteiger partial charge in [0, 0.05) is 33.2 Å². The van der Waals surface area contributed by atoms with E-state index < -0.39 is 11.8 Å². The van der Waals surface area contributed by atoms with Gasteiger partial charge in [0.1, 0.15) is 11.4 Å². The van der Waals surface area contributed by atoms with Gasteiger partial charge in [-0.05, 0) is 55.5 Å². The van der Waals surface area contributed by atoms with Gasteiger partial charge in [0.25, 0.3) is 11.8 Å². The normalized spacial score (nSPS) is 10.9. The number of rotatable bonds is 12. The molecule has 4 aromatic rings. The molecule has 0 bridgehead atoms. The minimum Gasteiger partial charge on any atom is -0.496 e. The molecular weight excluding hydrogens is 588 g/mol. The molecule has 222 valence electrons. The zero-order valence-electron chi connectivity index (χ0n) is 23.9. The summed E-state index contributed by atoms with van der Waals surface area (Å²) in [7, 11) is 4.50. The summed E-state index contributed by atoms with van der Waals surface area (Å²) in [5.41, 5.74) is 2.20. The van der Waals surface area contributed by atoms with Crippen LogP contribution in [0.1, 0.15) is 21.6 Å². The summed E-state index contributed by atoms with van der Waals surface area (Å²) in [6, 6.07) is 18.9. The smallest absolute Gasteiger partial charge is 0.272 e. The highest BCUT2D eigenvalue weighted by Crippen LogP contribution is 2.35. The van der Waals surface area contributed by atoms with Gasteiger partial charge in [-0.2, -0.15) is 0 Å². The molecule has 1 aromatic heterocycles. The molecule has 0 fully saturated rings. The van der Waals surface area contributed by atoms with Crippen molar-refractivity contribution in [3.8, 4) is 17.2 Å². The SMILES string of the molecule is COc1cc(OC)c(OC)cc1/C=C(\NC(=O)c1ccccc1)C(=O)Nc1ccc(SCC(=O)Nc2nc(C)cs2)cc1. The Hall–Kier alpha value is -4.81. The molecule has 4 rings (SSSR count). The Morgan fingerprint density at radius 3 is 2.19 bits per heavy atom. The molecule has 0 saturated carbocycles. The third kappa shape index (κ3) is 8.60. The number of nitrogens with one attached hydrogen (secondary N) is 3. The summed E-state index contributed by atoms with van der Waals surface area (Å²) in [6.07, 6.45) is 1.50. The summed E-state index contributed by atoms with van der Waals surface area (Å²) in [5, 5.41) is 10.7. The lowest BCUT2D eigenvalue weighted by Crippen LogP contribution is -2.30. The number of thiazole rings is 1. The number of carbonyl (C=O) groups excluding carboxylic acids is 3. The summed E-state index contributed by atoms with van der Waals surface area (Å²) < 4.78 is 16.3. The van der Waals surface area contributed by atoms with Gasteiger partial charge < -0.3 is 30.2 Å². The van der Waals surface area contributed by atoms with Crippen LogP contribution in [0.3, 0.4) is 0 Å². The van der Waals surface area contributed by atoms with Gasteiger partial charge in [-0.3, -0.25) is 14.4 Å². The van der Waals surface area contributed by atoms with Gasteiger partial charge in [0.2, 0.25) is 5.91 Å². The highest BCUT2D eigenvalue weighted by molar-refractivity contribution is 8.00. The zero-order valence-corrected chi connectivity index (χ0v) is 25.6. The second-order valence-corrected chi connectivity index (χ2v) is 10.8. The number of anilines is 2. The molecule has 12 heteroatoms. The van der Waals surface area contributed by atoms with Crippen molar-refractivity contribution in [2.75, 3.05) is 37.7 Å². The van der Waals surface area contributed by atoms with Crippen molar-refractivity contribution in [2.45, 2.75) is 11.8 Å². The number of nitrogens with zero attached hydrogens (tertiary/aromatic N) is 1. The number of benzene rings is 3. The number of hydrogen-bond acceptors (Lipinski definition) is 9. The van der Waals surface area contributed by atoms with Crippen LogP contribution in [0.2, 0.25) is 0 Å². The van der Waals surface area contributed by atoms with Crippen molar-refractivity contribution in [3.05, 3.63) is 94.6 Å². The van der Waals surface area contributed by atoms with E-state index in [1.807, 2.05) is 12.3 Å². The molecule has 0 aliphatic rings. The van der Waals surface area contributed by atoms with Crippen LogP contribution < -0.4 is 30.2 Å². The minimum absolute atomic E-state index is 0.0214. The predicted octanol–water partition coefficient (Wildman–Crippen LogP) is 5.62. The van der Waals surface area contributed by atoms with E-state index in [0.717, 1.165) is 10.6 Å². The third-order valence-electron chi connectivity index (χ3n) is 5.91. The summed E-state index contributed by atoms with van der Waals surface area (Å²) >= 11 is 2.73. The molecule has 0 unspecified atom stereocenters.